The zero-order valence-electron chi connectivity index (χ0n) is 13.4. The summed E-state index contributed by atoms with van der Waals surface area (Å²) < 4.78 is 5.71. The normalized spacial score (nSPS) is 10.8. The van der Waals surface area contributed by atoms with Gasteiger partial charge in [-0.3, -0.25) is 0 Å². The molecule has 0 aliphatic carbocycles. The summed E-state index contributed by atoms with van der Waals surface area (Å²) in [5.74, 6) is -0.0468. The summed E-state index contributed by atoms with van der Waals surface area (Å²) >= 11 is 0. The highest BCUT2D eigenvalue weighted by Crippen LogP contribution is 2.23. The Morgan fingerprint density at radius 3 is 2.17 bits per heavy atom. The Bertz CT molecular complexity index is 640. The van der Waals surface area contributed by atoms with Gasteiger partial charge in [-0.05, 0) is 41.3 Å². The number of rotatable bonds is 8. The molecule has 0 saturated carbocycles. The van der Waals surface area contributed by atoms with Crippen LogP contribution in [0, 0.1) is 0 Å². The maximum atomic E-state index is 10.5. The average Bonchev–Trinajstić information content (AvgIpc) is 2.58. The van der Waals surface area contributed by atoms with Crippen molar-refractivity contribution >= 4 is 12.0 Å². The molecule has 3 nitrogen and oxygen atoms in total. The van der Waals surface area contributed by atoms with Crippen LogP contribution in [0.3, 0.4) is 0 Å². The summed E-state index contributed by atoms with van der Waals surface area (Å²) in [7, 11) is 0. The van der Waals surface area contributed by atoms with E-state index >= 15 is 0 Å². The lowest BCUT2D eigenvalue weighted by Crippen LogP contribution is -1.96. The van der Waals surface area contributed by atoms with Gasteiger partial charge in [0.05, 0.1) is 6.61 Å². The van der Waals surface area contributed by atoms with Gasteiger partial charge in [0.15, 0.2) is 0 Å². The number of carboxylic acids is 1. The van der Waals surface area contributed by atoms with E-state index in [1.807, 2.05) is 48.5 Å². The van der Waals surface area contributed by atoms with E-state index in [0.29, 0.717) is 0 Å². The van der Waals surface area contributed by atoms with Crippen LogP contribution in [0.1, 0.15) is 31.7 Å². The monoisotopic (exact) mass is 310 g/mol. The van der Waals surface area contributed by atoms with E-state index in [2.05, 4.69) is 6.92 Å². The van der Waals surface area contributed by atoms with Crippen molar-refractivity contribution in [3.8, 4) is 16.9 Å². The number of ether oxygens (including phenoxy) is 1. The Morgan fingerprint density at radius 1 is 1.00 bits per heavy atom. The number of aliphatic carboxylic acids is 1. The second-order valence-corrected chi connectivity index (χ2v) is 5.37. The van der Waals surface area contributed by atoms with Crippen LogP contribution in [-0.4, -0.2) is 17.7 Å². The molecule has 0 atom stereocenters. The molecule has 23 heavy (non-hydrogen) atoms. The number of benzene rings is 2. The molecule has 0 aliphatic rings. The van der Waals surface area contributed by atoms with E-state index in [4.69, 9.17) is 9.84 Å². The van der Waals surface area contributed by atoms with Crippen molar-refractivity contribution < 1.29 is 14.6 Å². The Balaban J connectivity index is 1.97. The van der Waals surface area contributed by atoms with E-state index < -0.39 is 5.97 Å². The number of carbonyl (C=O) groups is 1. The number of hydrogen-bond donors (Lipinski definition) is 1. The topological polar surface area (TPSA) is 46.5 Å². The molecule has 2 rings (SSSR count). The lowest BCUT2D eigenvalue weighted by Gasteiger charge is -2.07. The van der Waals surface area contributed by atoms with Crippen LogP contribution in [-0.2, 0) is 4.79 Å². The van der Waals surface area contributed by atoms with Crippen molar-refractivity contribution in [1.29, 1.82) is 0 Å². The van der Waals surface area contributed by atoms with Crippen LogP contribution >= 0.6 is 0 Å². The molecule has 0 unspecified atom stereocenters. The predicted octanol–water partition coefficient (Wildman–Crippen LogP) is 5.02. The van der Waals surface area contributed by atoms with E-state index in [0.717, 1.165) is 41.5 Å². The summed E-state index contributed by atoms with van der Waals surface area (Å²) in [4.78, 5) is 10.5. The molecule has 0 heterocycles. The zero-order chi connectivity index (χ0) is 16.5. The first-order valence-corrected chi connectivity index (χ1v) is 7.93. The standard InChI is InChI=1S/C20H22O3/c1-2-3-4-15-23-19-12-10-18(11-13-19)17-8-5-16(6-9-17)7-14-20(21)22/h5-14H,2-4,15H2,1H3,(H,21,22)/b14-7+. The van der Waals surface area contributed by atoms with E-state index in [-0.39, 0.29) is 0 Å². The van der Waals surface area contributed by atoms with E-state index in [1.165, 1.54) is 12.8 Å². The van der Waals surface area contributed by atoms with Crippen LogP contribution in [0.25, 0.3) is 17.2 Å². The first kappa shape index (κ1) is 16.8. The third-order valence-electron chi connectivity index (χ3n) is 3.53. The molecule has 120 valence electrons. The summed E-state index contributed by atoms with van der Waals surface area (Å²) in [6, 6.07) is 15.8. The van der Waals surface area contributed by atoms with E-state index in [9.17, 15) is 4.79 Å². The minimum absolute atomic E-state index is 0.762. The van der Waals surface area contributed by atoms with Gasteiger partial charge in [-0.25, -0.2) is 4.79 Å². The average molecular weight is 310 g/mol. The minimum atomic E-state index is -0.941. The Morgan fingerprint density at radius 2 is 1.61 bits per heavy atom. The summed E-state index contributed by atoms with van der Waals surface area (Å²) in [6.07, 6.45) is 6.20. The summed E-state index contributed by atoms with van der Waals surface area (Å²) in [5, 5.41) is 8.63. The molecule has 0 bridgehead atoms. The van der Waals surface area contributed by atoms with Crippen LogP contribution in [0.15, 0.2) is 54.6 Å². The van der Waals surface area contributed by atoms with Crippen molar-refractivity contribution in [2.75, 3.05) is 6.61 Å². The van der Waals surface area contributed by atoms with Crippen LogP contribution < -0.4 is 4.74 Å². The molecule has 0 amide bonds. The van der Waals surface area contributed by atoms with Crippen molar-refractivity contribution in [3.63, 3.8) is 0 Å². The van der Waals surface area contributed by atoms with Gasteiger partial charge in [-0.15, -0.1) is 0 Å². The largest absolute Gasteiger partial charge is 0.494 e. The number of carboxylic acid groups (broad SMARTS) is 1. The number of unbranched alkanes of at least 4 members (excludes halogenated alkanes) is 2. The molecule has 0 saturated heterocycles. The van der Waals surface area contributed by atoms with Crippen molar-refractivity contribution in [1.82, 2.24) is 0 Å². The third-order valence-corrected chi connectivity index (χ3v) is 3.53. The fraction of sp³-hybridized carbons (Fsp3) is 0.250. The van der Waals surface area contributed by atoms with Gasteiger partial charge in [0.2, 0.25) is 0 Å². The fourth-order valence-electron chi connectivity index (χ4n) is 2.24. The molecule has 2 aromatic rings. The molecular weight excluding hydrogens is 288 g/mol. The first-order chi connectivity index (χ1) is 11.2. The van der Waals surface area contributed by atoms with E-state index in [1.54, 1.807) is 6.08 Å². The molecule has 0 aliphatic heterocycles. The van der Waals surface area contributed by atoms with Gasteiger partial charge in [-0.1, -0.05) is 56.2 Å². The fourth-order valence-corrected chi connectivity index (χ4v) is 2.24. The molecule has 0 aromatic heterocycles. The van der Waals surface area contributed by atoms with Crippen molar-refractivity contribution in [2.24, 2.45) is 0 Å². The molecular formula is C20H22O3. The zero-order valence-corrected chi connectivity index (χ0v) is 13.4. The lowest BCUT2D eigenvalue weighted by molar-refractivity contribution is -0.131. The van der Waals surface area contributed by atoms with Crippen molar-refractivity contribution in [3.05, 3.63) is 60.2 Å². The van der Waals surface area contributed by atoms with Gasteiger partial charge in [0.1, 0.15) is 5.75 Å². The minimum Gasteiger partial charge on any atom is -0.494 e. The highest BCUT2D eigenvalue weighted by molar-refractivity contribution is 5.85. The van der Waals surface area contributed by atoms with Gasteiger partial charge in [0.25, 0.3) is 0 Å². The highest BCUT2D eigenvalue weighted by atomic mass is 16.5. The van der Waals surface area contributed by atoms with Crippen LogP contribution in [0.5, 0.6) is 5.75 Å². The maximum absolute atomic E-state index is 10.5. The van der Waals surface area contributed by atoms with Gasteiger partial charge in [0, 0.05) is 6.08 Å². The van der Waals surface area contributed by atoms with Crippen LogP contribution in [0.4, 0.5) is 0 Å². The SMILES string of the molecule is CCCCCOc1ccc(-c2ccc(/C=C/C(=O)O)cc2)cc1. The Kier molecular flexibility index (Phi) is 6.42. The molecule has 0 fully saturated rings. The van der Waals surface area contributed by atoms with Gasteiger partial charge >= 0.3 is 5.97 Å². The quantitative estimate of drug-likeness (QED) is 0.550. The smallest absolute Gasteiger partial charge is 0.328 e. The van der Waals surface area contributed by atoms with Crippen LogP contribution in [0.2, 0.25) is 0 Å². The van der Waals surface area contributed by atoms with Gasteiger partial charge in [-0.2, -0.15) is 0 Å². The summed E-state index contributed by atoms with van der Waals surface area (Å²) in [6.45, 7) is 2.94. The third kappa shape index (κ3) is 5.62. The number of hydrogen-bond acceptors (Lipinski definition) is 2. The first-order valence-electron chi connectivity index (χ1n) is 7.93. The second kappa shape index (κ2) is 8.79. The second-order valence-electron chi connectivity index (χ2n) is 5.37. The van der Waals surface area contributed by atoms with Gasteiger partial charge < -0.3 is 9.84 Å². The highest BCUT2D eigenvalue weighted by Gasteiger charge is 1.99. The molecule has 3 heteroatoms. The van der Waals surface area contributed by atoms with Crippen molar-refractivity contribution in [2.45, 2.75) is 26.2 Å². The Labute approximate surface area is 137 Å². The maximum Gasteiger partial charge on any atom is 0.328 e. The lowest BCUT2D eigenvalue weighted by atomic mass is 10.0. The molecule has 0 radical (unpaired) electrons. The predicted molar refractivity (Wildman–Crippen MR) is 93.6 cm³/mol. The molecule has 2 aromatic carbocycles. The molecule has 1 N–H and O–H groups in total. The summed E-state index contributed by atoms with van der Waals surface area (Å²) in [5.41, 5.74) is 3.07. The Hall–Kier alpha value is -2.55. The molecule has 0 spiro atoms.